The molecule has 3 aromatic carbocycles. The minimum absolute atomic E-state index is 0.286. The van der Waals surface area contributed by atoms with Crippen LogP contribution in [-0.4, -0.2) is 17.2 Å². The van der Waals surface area contributed by atoms with Crippen LogP contribution in [0.15, 0.2) is 71.1 Å². The van der Waals surface area contributed by atoms with Crippen molar-refractivity contribution in [2.75, 3.05) is 5.43 Å². The Bertz CT molecular complexity index is 1340. The molecule has 0 aliphatic heterocycles. The second-order valence-electron chi connectivity index (χ2n) is 6.62. The summed E-state index contributed by atoms with van der Waals surface area (Å²) in [6.45, 7) is 0. The summed E-state index contributed by atoms with van der Waals surface area (Å²) in [6, 6.07) is 16.7. The first-order chi connectivity index (χ1) is 15.9. The first-order valence-electron chi connectivity index (χ1n) is 9.36. The molecule has 1 aromatic heterocycles. The van der Waals surface area contributed by atoms with E-state index >= 15 is 0 Å². The van der Waals surface area contributed by atoms with Gasteiger partial charge in [-0.25, -0.2) is 9.78 Å². The predicted octanol–water partition coefficient (Wildman–Crippen LogP) is 8.09. The zero-order chi connectivity index (χ0) is 23.4. The van der Waals surface area contributed by atoms with E-state index in [4.69, 9.17) is 51.1 Å². The van der Waals surface area contributed by atoms with Gasteiger partial charge in [-0.05, 0) is 66.2 Å². The van der Waals surface area contributed by atoms with E-state index in [-0.39, 0.29) is 5.02 Å². The lowest BCUT2D eigenvalue weighted by molar-refractivity contribution is 0.0735. The van der Waals surface area contributed by atoms with Gasteiger partial charge >= 0.3 is 5.97 Å². The molecular formula is C23H13Cl4N3O2S. The van der Waals surface area contributed by atoms with E-state index < -0.39 is 5.97 Å². The molecule has 0 spiro atoms. The van der Waals surface area contributed by atoms with Crippen molar-refractivity contribution >= 4 is 75.1 Å². The number of carbonyl (C=O) groups is 1. The van der Waals surface area contributed by atoms with Gasteiger partial charge in [0, 0.05) is 16.0 Å². The topological polar surface area (TPSA) is 63.6 Å². The van der Waals surface area contributed by atoms with Crippen LogP contribution < -0.4 is 10.2 Å². The lowest BCUT2D eigenvalue weighted by atomic mass is 10.2. The Balaban J connectivity index is 1.35. The number of thiazole rings is 1. The molecule has 0 radical (unpaired) electrons. The predicted molar refractivity (Wildman–Crippen MR) is 137 cm³/mol. The molecule has 4 aromatic rings. The molecule has 10 heteroatoms. The standard InChI is InChI=1S/C23H13Cl4N3O2S/c24-15-4-7-17(19(26)10-15)21-12-33-23(29-21)30-28-11-13-1-5-16(6-2-13)32-22(31)14-3-8-18(25)20(27)9-14/h1-12H,(H,29,30). The number of anilines is 1. The van der Waals surface area contributed by atoms with Crippen molar-refractivity contribution < 1.29 is 9.53 Å². The first-order valence-corrected chi connectivity index (χ1v) is 11.8. The monoisotopic (exact) mass is 535 g/mol. The fourth-order valence-electron chi connectivity index (χ4n) is 2.72. The number of nitrogens with one attached hydrogen (secondary N) is 1. The number of aromatic nitrogens is 1. The van der Waals surface area contributed by atoms with E-state index in [1.54, 1.807) is 54.7 Å². The Morgan fingerprint density at radius 3 is 2.45 bits per heavy atom. The number of hydrogen-bond acceptors (Lipinski definition) is 6. The molecule has 0 bridgehead atoms. The third-order valence-electron chi connectivity index (χ3n) is 4.33. The largest absolute Gasteiger partial charge is 0.423 e. The zero-order valence-electron chi connectivity index (χ0n) is 16.6. The van der Waals surface area contributed by atoms with Gasteiger partial charge in [0.2, 0.25) is 5.13 Å². The highest BCUT2D eigenvalue weighted by molar-refractivity contribution is 7.14. The van der Waals surface area contributed by atoms with E-state index in [1.165, 1.54) is 17.4 Å². The molecule has 1 heterocycles. The quantitative estimate of drug-likeness (QED) is 0.117. The molecule has 0 aliphatic carbocycles. The van der Waals surface area contributed by atoms with Gasteiger partial charge < -0.3 is 4.74 Å². The fourth-order valence-corrected chi connectivity index (χ4v) is 4.18. The van der Waals surface area contributed by atoms with E-state index in [9.17, 15) is 4.79 Å². The van der Waals surface area contributed by atoms with Gasteiger partial charge in [0.05, 0.1) is 32.5 Å². The molecule has 166 valence electrons. The van der Waals surface area contributed by atoms with E-state index in [1.807, 2.05) is 11.4 Å². The van der Waals surface area contributed by atoms with Crippen LogP contribution in [0, 0.1) is 0 Å². The number of nitrogens with zero attached hydrogens (tertiary/aromatic N) is 2. The number of carbonyl (C=O) groups excluding carboxylic acids is 1. The molecule has 33 heavy (non-hydrogen) atoms. The van der Waals surface area contributed by atoms with Crippen molar-refractivity contribution in [3.8, 4) is 17.0 Å². The highest BCUT2D eigenvalue weighted by Crippen LogP contribution is 2.32. The summed E-state index contributed by atoms with van der Waals surface area (Å²) < 4.78 is 5.36. The average Bonchev–Trinajstić information content (AvgIpc) is 3.25. The van der Waals surface area contributed by atoms with Gasteiger partial charge in [-0.3, -0.25) is 5.43 Å². The Morgan fingerprint density at radius 2 is 1.73 bits per heavy atom. The summed E-state index contributed by atoms with van der Waals surface area (Å²) >= 11 is 25.4. The summed E-state index contributed by atoms with van der Waals surface area (Å²) in [7, 11) is 0. The Hall–Kier alpha value is -2.61. The van der Waals surface area contributed by atoms with Crippen LogP contribution in [0.2, 0.25) is 20.1 Å². The molecule has 0 saturated carbocycles. The van der Waals surface area contributed by atoms with Crippen LogP contribution in [0.3, 0.4) is 0 Å². The third kappa shape index (κ3) is 6.05. The van der Waals surface area contributed by atoms with Crippen molar-refractivity contribution in [3.63, 3.8) is 0 Å². The van der Waals surface area contributed by atoms with E-state index in [0.29, 0.717) is 31.5 Å². The van der Waals surface area contributed by atoms with Crippen molar-refractivity contribution in [2.24, 2.45) is 5.10 Å². The Labute approximate surface area is 213 Å². The second kappa shape index (κ2) is 10.5. The van der Waals surface area contributed by atoms with Crippen LogP contribution in [0.25, 0.3) is 11.3 Å². The summed E-state index contributed by atoms with van der Waals surface area (Å²) in [5.74, 6) is -0.141. The van der Waals surface area contributed by atoms with Crippen molar-refractivity contribution in [3.05, 3.63) is 97.3 Å². The molecule has 5 nitrogen and oxygen atoms in total. The SMILES string of the molecule is O=C(Oc1ccc(C=NNc2nc(-c3ccc(Cl)cc3Cl)cs2)cc1)c1ccc(Cl)c(Cl)c1. The maximum absolute atomic E-state index is 12.3. The molecule has 0 saturated heterocycles. The lowest BCUT2D eigenvalue weighted by Gasteiger charge is -2.05. The first kappa shape index (κ1) is 23.5. The molecule has 0 amide bonds. The van der Waals surface area contributed by atoms with E-state index in [0.717, 1.165) is 16.8 Å². The van der Waals surface area contributed by atoms with E-state index in [2.05, 4.69) is 15.5 Å². The Kier molecular flexibility index (Phi) is 7.53. The Morgan fingerprint density at radius 1 is 0.939 bits per heavy atom. The zero-order valence-corrected chi connectivity index (χ0v) is 20.4. The average molecular weight is 537 g/mol. The molecule has 0 aliphatic rings. The fraction of sp³-hybridized carbons (Fsp3) is 0. The third-order valence-corrected chi connectivity index (χ3v) is 6.36. The van der Waals surface area contributed by atoms with Crippen molar-refractivity contribution in [2.45, 2.75) is 0 Å². The second-order valence-corrected chi connectivity index (χ2v) is 9.14. The number of esters is 1. The van der Waals surface area contributed by atoms with Gasteiger partial charge in [-0.1, -0.05) is 46.4 Å². The lowest BCUT2D eigenvalue weighted by Crippen LogP contribution is -2.08. The number of ether oxygens (including phenoxy) is 1. The summed E-state index contributed by atoms with van der Waals surface area (Å²) in [5, 5.41) is 8.44. The van der Waals surface area contributed by atoms with Crippen LogP contribution in [0.5, 0.6) is 5.75 Å². The normalized spacial score (nSPS) is 11.0. The van der Waals surface area contributed by atoms with Gasteiger partial charge in [0.25, 0.3) is 0 Å². The van der Waals surface area contributed by atoms with Gasteiger partial charge in [-0.2, -0.15) is 5.10 Å². The number of hydrazone groups is 1. The van der Waals surface area contributed by atoms with Gasteiger partial charge in [0.1, 0.15) is 5.75 Å². The smallest absolute Gasteiger partial charge is 0.343 e. The van der Waals surface area contributed by atoms with Crippen molar-refractivity contribution in [1.82, 2.24) is 4.98 Å². The maximum Gasteiger partial charge on any atom is 0.343 e. The maximum atomic E-state index is 12.3. The summed E-state index contributed by atoms with van der Waals surface area (Å²) in [6.07, 6.45) is 1.63. The molecule has 0 unspecified atom stereocenters. The highest BCUT2D eigenvalue weighted by atomic mass is 35.5. The van der Waals surface area contributed by atoms with Crippen LogP contribution in [0.1, 0.15) is 15.9 Å². The van der Waals surface area contributed by atoms with Crippen LogP contribution in [-0.2, 0) is 0 Å². The molecule has 0 atom stereocenters. The highest BCUT2D eigenvalue weighted by Gasteiger charge is 2.11. The molecular weight excluding hydrogens is 524 g/mol. The summed E-state index contributed by atoms with van der Waals surface area (Å²) in [5.41, 5.74) is 5.52. The van der Waals surface area contributed by atoms with Gasteiger partial charge in [0.15, 0.2) is 0 Å². The van der Waals surface area contributed by atoms with Gasteiger partial charge in [-0.15, -0.1) is 11.3 Å². The minimum Gasteiger partial charge on any atom is -0.423 e. The summed E-state index contributed by atoms with van der Waals surface area (Å²) in [4.78, 5) is 16.7. The molecule has 4 rings (SSSR count). The number of rotatable bonds is 6. The van der Waals surface area contributed by atoms with Crippen LogP contribution >= 0.6 is 57.7 Å². The minimum atomic E-state index is -0.531. The van der Waals surface area contributed by atoms with Crippen LogP contribution in [0.4, 0.5) is 5.13 Å². The number of hydrogen-bond donors (Lipinski definition) is 1. The molecule has 1 N–H and O–H groups in total. The molecule has 0 fully saturated rings. The van der Waals surface area contributed by atoms with Crippen molar-refractivity contribution in [1.29, 1.82) is 0 Å². The number of benzene rings is 3. The number of halogens is 4.